The van der Waals surface area contributed by atoms with E-state index in [2.05, 4.69) is 15.3 Å². The van der Waals surface area contributed by atoms with Crippen LogP contribution in [0, 0.1) is 5.92 Å². The predicted molar refractivity (Wildman–Crippen MR) is 103 cm³/mol. The fraction of sp³-hybridized carbons (Fsp3) is 0.238. The second kappa shape index (κ2) is 7.14. The van der Waals surface area contributed by atoms with Gasteiger partial charge in [0.25, 0.3) is 0 Å². The number of nitrogens with one attached hydrogen (secondary N) is 2. The van der Waals surface area contributed by atoms with Crippen LogP contribution in [0.2, 0.25) is 0 Å². The zero-order valence-electron chi connectivity index (χ0n) is 15.2. The number of carbonyl (C=O) groups excluding carboxylic acids is 1. The molecule has 0 spiro atoms. The Hall–Kier alpha value is -2.92. The van der Waals surface area contributed by atoms with Gasteiger partial charge in [-0.15, -0.1) is 0 Å². The normalized spacial score (nSPS) is 13.4. The first kappa shape index (κ1) is 17.9. The summed E-state index contributed by atoms with van der Waals surface area (Å²) in [7, 11) is 0. The molecule has 2 aromatic carbocycles. The second-order valence-corrected chi connectivity index (χ2v) is 6.73. The standard InChI is InChI=1S/C21H23N3O2/c1-14(2)21(26,20-12-22-13-23-20)18-9-7-16(8-10-18)17-5-4-6-19(11-17)24-15(3)25/h4-14,26H,1-3H3,(H,22,23)(H,24,25)/t21-/m1/s1. The number of anilines is 1. The number of aromatic nitrogens is 2. The highest BCUT2D eigenvalue weighted by molar-refractivity contribution is 5.89. The average Bonchev–Trinajstić information content (AvgIpc) is 3.16. The molecule has 1 amide bonds. The van der Waals surface area contributed by atoms with Crippen molar-refractivity contribution in [2.75, 3.05) is 5.32 Å². The number of imidazole rings is 1. The maximum Gasteiger partial charge on any atom is 0.221 e. The van der Waals surface area contributed by atoms with Crippen LogP contribution >= 0.6 is 0 Å². The van der Waals surface area contributed by atoms with Crippen molar-refractivity contribution in [1.29, 1.82) is 0 Å². The molecule has 1 heterocycles. The van der Waals surface area contributed by atoms with Crippen molar-refractivity contribution in [1.82, 2.24) is 9.97 Å². The van der Waals surface area contributed by atoms with Crippen molar-refractivity contribution in [3.63, 3.8) is 0 Å². The Kier molecular flexibility index (Phi) is 4.91. The van der Waals surface area contributed by atoms with Gasteiger partial charge in [0.1, 0.15) is 5.60 Å². The van der Waals surface area contributed by atoms with E-state index in [-0.39, 0.29) is 11.8 Å². The van der Waals surface area contributed by atoms with Crippen LogP contribution in [0.3, 0.4) is 0 Å². The molecule has 3 N–H and O–H groups in total. The molecule has 134 valence electrons. The lowest BCUT2D eigenvalue weighted by Gasteiger charge is -2.31. The Labute approximate surface area is 153 Å². The molecule has 5 heteroatoms. The monoisotopic (exact) mass is 349 g/mol. The number of amides is 1. The summed E-state index contributed by atoms with van der Waals surface area (Å²) < 4.78 is 0. The van der Waals surface area contributed by atoms with Crippen LogP contribution in [0.25, 0.3) is 11.1 Å². The van der Waals surface area contributed by atoms with Gasteiger partial charge in [0.2, 0.25) is 5.91 Å². The molecule has 5 nitrogen and oxygen atoms in total. The van der Waals surface area contributed by atoms with Crippen LogP contribution in [0.15, 0.2) is 61.1 Å². The zero-order chi connectivity index (χ0) is 18.7. The van der Waals surface area contributed by atoms with Crippen LogP contribution in [-0.4, -0.2) is 21.0 Å². The summed E-state index contributed by atoms with van der Waals surface area (Å²) >= 11 is 0. The van der Waals surface area contributed by atoms with Gasteiger partial charge in [0, 0.05) is 12.6 Å². The first-order valence-corrected chi connectivity index (χ1v) is 8.61. The SMILES string of the molecule is CC(=O)Nc1cccc(-c2ccc([C@@](O)(c3cnc[nH]3)C(C)C)cc2)c1. The Morgan fingerprint density at radius 2 is 1.88 bits per heavy atom. The van der Waals surface area contributed by atoms with E-state index in [4.69, 9.17) is 0 Å². The maximum atomic E-state index is 11.3. The molecule has 0 aliphatic carbocycles. The summed E-state index contributed by atoms with van der Waals surface area (Å²) in [6.45, 7) is 5.45. The third kappa shape index (κ3) is 3.39. The molecular formula is C21H23N3O2. The lowest BCUT2D eigenvalue weighted by molar-refractivity contribution is -0.114. The molecule has 0 aliphatic rings. The lowest BCUT2D eigenvalue weighted by Crippen LogP contribution is -2.33. The first-order chi connectivity index (χ1) is 12.4. The minimum atomic E-state index is -1.13. The summed E-state index contributed by atoms with van der Waals surface area (Å²) in [5.74, 6) is -0.129. The van der Waals surface area contributed by atoms with Gasteiger partial charge in [-0.2, -0.15) is 0 Å². The van der Waals surface area contributed by atoms with Crippen LogP contribution in [-0.2, 0) is 10.4 Å². The van der Waals surface area contributed by atoms with E-state index in [9.17, 15) is 9.90 Å². The summed E-state index contributed by atoms with van der Waals surface area (Å²) in [6.07, 6.45) is 3.23. The number of hydrogen-bond acceptors (Lipinski definition) is 3. The molecule has 0 saturated heterocycles. The number of aliphatic hydroxyl groups is 1. The van der Waals surface area contributed by atoms with Gasteiger partial charge >= 0.3 is 0 Å². The predicted octanol–water partition coefficient (Wildman–Crippen LogP) is 3.93. The highest BCUT2D eigenvalue weighted by atomic mass is 16.3. The molecule has 1 aromatic heterocycles. The van der Waals surface area contributed by atoms with Gasteiger partial charge in [-0.1, -0.05) is 50.2 Å². The van der Waals surface area contributed by atoms with Gasteiger partial charge in [-0.3, -0.25) is 4.79 Å². The Bertz CT molecular complexity index is 886. The fourth-order valence-electron chi connectivity index (χ4n) is 3.16. The minimum Gasteiger partial charge on any atom is -0.379 e. The molecule has 0 fully saturated rings. The number of H-pyrrole nitrogens is 1. The molecule has 0 radical (unpaired) electrons. The van der Waals surface area contributed by atoms with Gasteiger partial charge < -0.3 is 15.4 Å². The minimum absolute atomic E-state index is 0.0307. The Balaban J connectivity index is 1.94. The highest BCUT2D eigenvalue weighted by Crippen LogP contribution is 2.36. The topological polar surface area (TPSA) is 78.0 Å². The molecule has 0 bridgehead atoms. The van der Waals surface area contributed by atoms with Crippen molar-refractivity contribution in [3.8, 4) is 11.1 Å². The van der Waals surface area contributed by atoms with E-state index >= 15 is 0 Å². The van der Waals surface area contributed by atoms with Gasteiger partial charge in [-0.05, 0) is 34.7 Å². The maximum absolute atomic E-state index is 11.3. The summed E-state index contributed by atoms with van der Waals surface area (Å²) in [5, 5.41) is 14.1. The van der Waals surface area contributed by atoms with Gasteiger partial charge in [0.15, 0.2) is 0 Å². The van der Waals surface area contributed by atoms with Crippen LogP contribution in [0.4, 0.5) is 5.69 Å². The summed E-state index contributed by atoms with van der Waals surface area (Å²) in [4.78, 5) is 18.3. The third-order valence-corrected chi connectivity index (χ3v) is 4.59. The number of hydrogen-bond donors (Lipinski definition) is 3. The molecule has 3 aromatic rings. The van der Waals surface area contributed by atoms with Crippen molar-refractivity contribution >= 4 is 11.6 Å². The summed E-state index contributed by atoms with van der Waals surface area (Å²) in [5.41, 5.74) is 3.11. The molecule has 3 rings (SSSR count). The molecule has 0 unspecified atom stereocenters. The third-order valence-electron chi connectivity index (χ3n) is 4.59. The van der Waals surface area contributed by atoms with E-state index in [1.807, 2.05) is 62.4 Å². The molecule has 0 saturated carbocycles. The van der Waals surface area contributed by atoms with Crippen molar-refractivity contribution < 1.29 is 9.90 Å². The smallest absolute Gasteiger partial charge is 0.221 e. The first-order valence-electron chi connectivity index (χ1n) is 8.61. The van der Waals surface area contributed by atoms with E-state index in [0.29, 0.717) is 5.69 Å². The van der Waals surface area contributed by atoms with Crippen LogP contribution < -0.4 is 5.32 Å². The quantitative estimate of drug-likeness (QED) is 0.653. The number of carbonyl (C=O) groups is 1. The number of benzene rings is 2. The van der Waals surface area contributed by atoms with Crippen molar-refractivity contribution in [2.45, 2.75) is 26.4 Å². The van der Waals surface area contributed by atoms with E-state index in [1.54, 1.807) is 12.5 Å². The lowest BCUT2D eigenvalue weighted by atomic mass is 9.80. The van der Waals surface area contributed by atoms with E-state index < -0.39 is 5.60 Å². The molecule has 1 atom stereocenters. The van der Waals surface area contributed by atoms with Crippen molar-refractivity contribution in [2.24, 2.45) is 5.92 Å². The zero-order valence-corrected chi connectivity index (χ0v) is 15.2. The van der Waals surface area contributed by atoms with E-state index in [0.717, 1.165) is 22.4 Å². The molecule has 0 aliphatic heterocycles. The second-order valence-electron chi connectivity index (χ2n) is 6.73. The highest BCUT2D eigenvalue weighted by Gasteiger charge is 2.36. The molecular weight excluding hydrogens is 326 g/mol. The summed E-state index contributed by atoms with van der Waals surface area (Å²) in [6, 6.07) is 15.5. The fourth-order valence-corrected chi connectivity index (χ4v) is 3.16. The van der Waals surface area contributed by atoms with Gasteiger partial charge in [-0.25, -0.2) is 4.98 Å². The average molecular weight is 349 g/mol. The van der Waals surface area contributed by atoms with Crippen molar-refractivity contribution in [3.05, 3.63) is 72.3 Å². The Morgan fingerprint density at radius 3 is 2.46 bits per heavy atom. The van der Waals surface area contributed by atoms with E-state index in [1.165, 1.54) is 6.92 Å². The van der Waals surface area contributed by atoms with Crippen LogP contribution in [0.1, 0.15) is 32.0 Å². The number of aromatic amines is 1. The number of nitrogens with zero attached hydrogens (tertiary/aromatic N) is 1. The van der Waals surface area contributed by atoms with Crippen LogP contribution in [0.5, 0.6) is 0 Å². The van der Waals surface area contributed by atoms with Gasteiger partial charge in [0.05, 0.1) is 18.2 Å². The Morgan fingerprint density at radius 1 is 1.15 bits per heavy atom. The largest absolute Gasteiger partial charge is 0.379 e. The molecule has 26 heavy (non-hydrogen) atoms. The number of rotatable bonds is 5.